The van der Waals surface area contributed by atoms with Crippen molar-refractivity contribution in [1.82, 2.24) is 10.2 Å². The van der Waals surface area contributed by atoms with Crippen LogP contribution in [0.15, 0.2) is 0 Å². The minimum absolute atomic E-state index is 0.708. The van der Waals surface area contributed by atoms with Crippen molar-refractivity contribution in [2.24, 2.45) is 0 Å². The summed E-state index contributed by atoms with van der Waals surface area (Å²) < 4.78 is 0. The van der Waals surface area contributed by atoms with Gasteiger partial charge in [-0.25, -0.2) is 0 Å². The molecular weight excluding hydrogens is 148 g/mol. The first-order valence-corrected chi connectivity index (χ1v) is 5.33. The molecule has 1 N–H and O–H groups in total. The quantitative estimate of drug-likeness (QED) is 0.633. The van der Waals surface area contributed by atoms with Gasteiger partial charge in [0, 0.05) is 31.7 Å². The van der Waals surface area contributed by atoms with Crippen LogP contribution in [0.4, 0.5) is 0 Å². The fourth-order valence-electron chi connectivity index (χ4n) is 2.56. The summed E-state index contributed by atoms with van der Waals surface area (Å²) in [4.78, 5) is 2.69. The first kappa shape index (κ1) is 8.52. The second kappa shape index (κ2) is 3.75. The highest BCUT2D eigenvalue weighted by molar-refractivity contribution is 4.83. The topological polar surface area (TPSA) is 15.3 Å². The van der Waals surface area contributed by atoms with Gasteiger partial charge in [-0.05, 0) is 19.8 Å². The van der Waals surface area contributed by atoms with Crippen LogP contribution in [-0.2, 0) is 0 Å². The van der Waals surface area contributed by atoms with Crippen molar-refractivity contribution in [3.8, 4) is 0 Å². The standard InChI is InChI=1S/C10H20N2/c1-9-8-12(7-6-11-9)10-4-2-3-5-10/h9-11H,2-8H2,1H3/t9-/m1/s1. The van der Waals surface area contributed by atoms with Crippen LogP contribution < -0.4 is 5.32 Å². The summed E-state index contributed by atoms with van der Waals surface area (Å²) in [5.41, 5.74) is 0. The monoisotopic (exact) mass is 168 g/mol. The lowest BCUT2D eigenvalue weighted by Crippen LogP contribution is -2.52. The van der Waals surface area contributed by atoms with Gasteiger partial charge in [-0.3, -0.25) is 4.90 Å². The maximum absolute atomic E-state index is 3.49. The van der Waals surface area contributed by atoms with Crippen LogP contribution in [0.25, 0.3) is 0 Å². The van der Waals surface area contributed by atoms with Gasteiger partial charge in [-0.15, -0.1) is 0 Å². The van der Waals surface area contributed by atoms with Gasteiger partial charge in [0.15, 0.2) is 0 Å². The second-order valence-corrected chi connectivity index (χ2v) is 4.29. The van der Waals surface area contributed by atoms with E-state index < -0.39 is 0 Å². The first-order chi connectivity index (χ1) is 5.86. The third-order valence-corrected chi connectivity index (χ3v) is 3.24. The minimum Gasteiger partial charge on any atom is -0.312 e. The van der Waals surface area contributed by atoms with E-state index >= 15 is 0 Å². The summed E-state index contributed by atoms with van der Waals surface area (Å²) in [6.45, 7) is 6.03. The molecule has 1 aliphatic carbocycles. The number of rotatable bonds is 1. The SMILES string of the molecule is C[C@@H]1CN(C2CCCC2)CCN1. The zero-order valence-corrected chi connectivity index (χ0v) is 8.05. The van der Waals surface area contributed by atoms with Gasteiger partial charge >= 0.3 is 0 Å². The van der Waals surface area contributed by atoms with Gasteiger partial charge in [-0.1, -0.05) is 12.8 Å². The Morgan fingerprint density at radius 3 is 2.67 bits per heavy atom. The van der Waals surface area contributed by atoms with Crippen molar-refractivity contribution >= 4 is 0 Å². The Balaban J connectivity index is 1.85. The zero-order chi connectivity index (χ0) is 8.39. The number of hydrogen-bond acceptors (Lipinski definition) is 2. The molecule has 2 fully saturated rings. The van der Waals surface area contributed by atoms with Crippen LogP contribution in [0.5, 0.6) is 0 Å². The lowest BCUT2D eigenvalue weighted by atomic mass is 10.1. The molecule has 0 bridgehead atoms. The van der Waals surface area contributed by atoms with Crippen molar-refractivity contribution in [1.29, 1.82) is 0 Å². The van der Waals surface area contributed by atoms with Gasteiger partial charge in [0.2, 0.25) is 0 Å². The molecule has 12 heavy (non-hydrogen) atoms. The average molecular weight is 168 g/mol. The van der Waals surface area contributed by atoms with Gasteiger partial charge in [-0.2, -0.15) is 0 Å². The van der Waals surface area contributed by atoms with Gasteiger partial charge in [0.25, 0.3) is 0 Å². The van der Waals surface area contributed by atoms with Gasteiger partial charge in [0.05, 0.1) is 0 Å². The predicted octanol–water partition coefficient (Wildman–Crippen LogP) is 1.22. The van der Waals surface area contributed by atoms with Gasteiger partial charge in [0.1, 0.15) is 0 Å². The normalized spacial score (nSPS) is 34.2. The van der Waals surface area contributed by atoms with E-state index in [9.17, 15) is 0 Å². The Hall–Kier alpha value is -0.0800. The minimum atomic E-state index is 0.708. The molecule has 2 aliphatic rings. The zero-order valence-electron chi connectivity index (χ0n) is 8.05. The highest BCUT2D eigenvalue weighted by Gasteiger charge is 2.25. The molecule has 2 rings (SSSR count). The van der Waals surface area contributed by atoms with Crippen molar-refractivity contribution in [3.63, 3.8) is 0 Å². The van der Waals surface area contributed by atoms with Crippen LogP contribution >= 0.6 is 0 Å². The fraction of sp³-hybridized carbons (Fsp3) is 1.00. The maximum atomic E-state index is 3.49. The molecule has 1 saturated carbocycles. The Bertz CT molecular complexity index is 141. The third kappa shape index (κ3) is 1.80. The Labute approximate surface area is 75.3 Å². The number of piperazine rings is 1. The summed E-state index contributed by atoms with van der Waals surface area (Å²) in [5, 5.41) is 3.49. The van der Waals surface area contributed by atoms with Crippen molar-refractivity contribution in [3.05, 3.63) is 0 Å². The Morgan fingerprint density at radius 1 is 1.25 bits per heavy atom. The molecule has 1 atom stereocenters. The van der Waals surface area contributed by atoms with E-state index in [-0.39, 0.29) is 0 Å². The summed E-state index contributed by atoms with van der Waals surface area (Å²) in [6.07, 6.45) is 5.82. The predicted molar refractivity (Wildman–Crippen MR) is 51.3 cm³/mol. The van der Waals surface area contributed by atoms with Gasteiger partial charge < -0.3 is 5.32 Å². The molecule has 70 valence electrons. The average Bonchev–Trinajstić information content (AvgIpc) is 2.56. The van der Waals surface area contributed by atoms with E-state index in [0.29, 0.717) is 6.04 Å². The first-order valence-electron chi connectivity index (χ1n) is 5.33. The molecule has 2 nitrogen and oxygen atoms in total. The highest BCUT2D eigenvalue weighted by atomic mass is 15.2. The van der Waals surface area contributed by atoms with Crippen LogP contribution in [0.2, 0.25) is 0 Å². The molecule has 0 spiro atoms. The van der Waals surface area contributed by atoms with Crippen LogP contribution in [0.3, 0.4) is 0 Å². The van der Waals surface area contributed by atoms with E-state index in [2.05, 4.69) is 17.1 Å². The Morgan fingerprint density at radius 2 is 2.00 bits per heavy atom. The molecular formula is C10H20N2. The highest BCUT2D eigenvalue weighted by Crippen LogP contribution is 2.23. The summed E-state index contributed by atoms with van der Waals surface area (Å²) in [5.74, 6) is 0. The molecule has 1 heterocycles. The molecule has 0 aromatic carbocycles. The van der Waals surface area contributed by atoms with Crippen molar-refractivity contribution in [2.75, 3.05) is 19.6 Å². The van der Waals surface area contributed by atoms with E-state index in [4.69, 9.17) is 0 Å². The summed E-state index contributed by atoms with van der Waals surface area (Å²) in [7, 11) is 0. The lowest BCUT2D eigenvalue weighted by molar-refractivity contribution is 0.150. The molecule has 0 radical (unpaired) electrons. The van der Waals surface area contributed by atoms with Crippen LogP contribution in [0, 0.1) is 0 Å². The number of hydrogen-bond donors (Lipinski definition) is 1. The van der Waals surface area contributed by atoms with Crippen LogP contribution in [0.1, 0.15) is 32.6 Å². The molecule has 0 amide bonds. The van der Waals surface area contributed by atoms with E-state index in [1.54, 1.807) is 0 Å². The fourth-order valence-corrected chi connectivity index (χ4v) is 2.56. The van der Waals surface area contributed by atoms with Crippen LogP contribution in [-0.4, -0.2) is 36.6 Å². The smallest absolute Gasteiger partial charge is 0.0167 e. The molecule has 0 unspecified atom stereocenters. The molecule has 0 aromatic heterocycles. The Kier molecular flexibility index (Phi) is 2.66. The van der Waals surface area contributed by atoms with E-state index in [1.807, 2.05) is 0 Å². The molecule has 2 heteroatoms. The second-order valence-electron chi connectivity index (χ2n) is 4.29. The summed E-state index contributed by atoms with van der Waals surface area (Å²) in [6, 6.07) is 1.63. The molecule has 1 aliphatic heterocycles. The summed E-state index contributed by atoms with van der Waals surface area (Å²) >= 11 is 0. The lowest BCUT2D eigenvalue weighted by Gasteiger charge is -2.36. The molecule has 1 saturated heterocycles. The van der Waals surface area contributed by atoms with E-state index in [1.165, 1.54) is 45.3 Å². The largest absolute Gasteiger partial charge is 0.312 e. The number of nitrogens with zero attached hydrogens (tertiary/aromatic N) is 1. The van der Waals surface area contributed by atoms with Crippen molar-refractivity contribution < 1.29 is 0 Å². The third-order valence-electron chi connectivity index (χ3n) is 3.24. The number of nitrogens with one attached hydrogen (secondary N) is 1. The molecule has 0 aromatic rings. The van der Waals surface area contributed by atoms with E-state index in [0.717, 1.165) is 6.04 Å². The maximum Gasteiger partial charge on any atom is 0.0167 e. The van der Waals surface area contributed by atoms with Crippen molar-refractivity contribution in [2.45, 2.75) is 44.7 Å².